The van der Waals surface area contributed by atoms with Crippen molar-refractivity contribution in [3.8, 4) is 17.2 Å². The van der Waals surface area contributed by atoms with Crippen molar-refractivity contribution in [3.05, 3.63) is 53.1 Å². The molecule has 0 heterocycles. The fourth-order valence-electron chi connectivity index (χ4n) is 2.52. The SMILES string of the molecule is COc1cc(C(=O)NCC(=O)NN=C(C)c2ccc(C)cc2)cc(OC)c1OC. The molecule has 0 fully saturated rings. The number of amides is 2. The van der Waals surface area contributed by atoms with Crippen molar-refractivity contribution in [1.82, 2.24) is 10.7 Å². The smallest absolute Gasteiger partial charge is 0.259 e. The second kappa shape index (κ2) is 10.1. The van der Waals surface area contributed by atoms with Gasteiger partial charge in [0.15, 0.2) is 11.5 Å². The molecular formula is C21H25N3O5. The summed E-state index contributed by atoms with van der Waals surface area (Å²) in [6.07, 6.45) is 0. The third kappa shape index (κ3) is 5.71. The van der Waals surface area contributed by atoms with Crippen LogP contribution in [0.25, 0.3) is 0 Å². The molecule has 8 heteroatoms. The first-order chi connectivity index (χ1) is 13.9. The van der Waals surface area contributed by atoms with Crippen molar-refractivity contribution < 1.29 is 23.8 Å². The van der Waals surface area contributed by atoms with E-state index >= 15 is 0 Å². The summed E-state index contributed by atoms with van der Waals surface area (Å²) >= 11 is 0. The molecule has 0 radical (unpaired) electrons. The lowest BCUT2D eigenvalue weighted by Crippen LogP contribution is -2.35. The third-order valence-electron chi connectivity index (χ3n) is 4.15. The highest BCUT2D eigenvalue weighted by Gasteiger charge is 2.17. The topological polar surface area (TPSA) is 98.2 Å². The monoisotopic (exact) mass is 399 g/mol. The number of methoxy groups -OCH3 is 3. The summed E-state index contributed by atoms with van der Waals surface area (Å²) in [6, 6.07) is 10.8. The van der Waals surface area contributed by atoms with Crippen molar-refractivity contribution in [2.24, 2.45) is 5.10 Å². The summed E-state index contributed by atoms with van der Waals surface area (Å²) in [7, 11) is 4.39. The minimum atomic E-state index is -0.460. The van der Waals surface area contributed by atoms with E-state index in [1.54, 1.807) is 6.92 Å². The van der Waals surface area contributed by atoms with Gasteiger partial charge in [-0.3, -0.25) is 9.59 Å². The second-order valence-electron chi connectivity index (χ2n) is 6.19. The zero-order valence-corrected chi connectivity index (χ0v) is 17.2. The van der Waals surface area contributed by atoms with Crippen LogP contribution in [0.4, 0.5) is 0 Å². The van der Waals surface area contributed by atoms with Gasteiger partial charge in [-0.1, -0.05) is 29.8 Å². The number of hydrogen-bond acceptors (Lipinski definition) is 6. The van der Waals surface area contributed by atoms with Crippen molar-refractivity contribution in [1.29, 1.82) is 0 Å². The molecule has 0 aliphatic heterocycles. The lowest BCUT2D eigenvalue weighted by Gasteiger charge is -2.14. The molecule has 2 aromatic carbocycles. The number of carbonyl (C=O) groups is 2. The van der Waals surface area contributed by atoms with Crippen LogP contribution in [-0.2, 0) is 4.79 Å². The minimum absolute atomic E-state index is 0.236. The predicted octanol–water partition coefficient (Wildman–Crippen LogP) is 2.29. The molecule has 8 nitrogen and oxygen atoms in total. The fourth-order valence-corrected chi connectivity index (χ4v) is 2.52. The Morgan fingerprint density at radius 1 is 0.931 bits per heavy atom. The zero-order chi connectivity index (χ0) is 21.4. The van der Waals surface area contributed by atoms with Crippen molar-refractivity contribution in [2.75, 3.05) is 27.9 Å². The van der Waals surface area contributed by atoms with E-state index in [-0.39, 0.29) is 12.1 Å². The Balaban J connectivity index is 1.98. The number of hydrogen-bond donors (Lipinski definition) is 2. The molecule has 0 aliphatic carbocycles. The van der Waals surface area contributed by atoms with E-state index in [4.69, 9.17) is 14.2 Å². The van der Waals surface area contributed by atoms with Crippen LogP contribution in [0.3, 0.4) is 0 Å². The quantitative estimate of drug-likeness (QED) is 0.524. The fraction of sp³-hybridized carbons (Fsp3) is 0.286. The predicted molar refractivity (Wildman–Crippen MR) is 110 cm³/mol. The summed E-state index contributed by atoms with van der Waals surface area (Å²) in [5, 5.41) is 6.60. The molecule has 2 aromatic rings. The largest absolute Gasteiger partial charge is 0.493 e. The lowest BCUT2D eigenvalue weighted by molar-refractivity contribution is -0.120. The highest BCUT2D eigenvalue weighted by atomic mass is 16.5. The van der Waals surface area contributed by atoms with Gasteiger partial charge in [-0.15, -0.1) is 0 Å². The molecule has 0 aliphatic rings. The normalized spacial score (nSPS) is 10.9. The van der Waals surface area contributed by atoms with Crippen LogP contribution in [0.15, 0.2) is 41.5 Å². The Labute approximate surface area is 169 Å². The third-order valence-corrected chi connectivity index (χ3v) is 4.15. The van der Waals surface area contributed by atoms with E-state index in [0.29, 0.717) is 23.0 Å². The maximum absolute atomic E-state index is 12.4. The number of nitrogens with one attached hydrogen (secondary N) is 2. The van der Waals surface area contributed by atoms with E-state index < -0.39 is 11.8 Å². The molecule has 0 saturated heterocycles. The molecule has 0 unspecified atom stereocenters. The van der Waals surface area contributed by atoms with Gasteiger partial charge in [0.25, 0.3) is 11.8 Å². The number of hydrazone groups is 1. The van der Waals surface area contributed by atoms with Crippen LogP contribution in [0.1, 0.15) is 28.4 Å². The number of aryl methyl sites for hydroxylation is 1. The van der Waals surface area contributed by atoms with Gasteiger partial charge in [-0.25, -0.2) is 5.43 Å². The van der Waals surface area contributed by atoms with Gasteiger partial charge in [-0.2, -0.15) is 5.10 Å². The first-order valence-electron chi connectivity index (χ1n) is 8.88. The second-order valence-corrected chi connectivity index (χ2v) is 6.19. The summed E-state index contributed by atoms with van der Waals surface area (Å²) in [6.45, 7) is 3.55. The van der Waals surface area contributed by atoms with E-state index in [1.165, 1.54) is 33.5 Å². The van der Waals surface area contributed by atoms with Gasteiger partial charge in [0.05, 0.1) is 33.6 Å². The average Bonchev–Trinajstić information content (AvgIpc) is 2.74. The van der Waals surface area contributed by atoms with E-state index in [2.05, 4.69) is 15.8 Å². The average molecular weight is 399 g/mol. The Morgan fingerprint density at radius 3 is 2.03 bits per heavy atom. The molecule has 0 spiro atoms. The maximum atomic E-state index is 12.4. The Bertz CT molecular complexity index is 882. The first kappa shape index (κ1) is 21.7. The molecule has 0 atom stereocenters. The van der Waals surface area contributed by atoms with Gasteiger partial charge in [0.1, 0.15) is 0 Å². The van der Waals surface area contributed by atoms with E-state index in [0.717, 1.165) is 11.1 Å². The van der Waals surface area contributed by atoms with Gasteiger partial charge in [0, 0.05) is 5.56 Å². The van der Waals surface area contributed by atoms with Crippen LogP contribution in [-0.4, -0.2) is 45.4 Å². The molecule has 2 rings (SSSR count). The molecule has 0 bridgehead atoms. The summed E-state index contributed by atoms with van der Waals surface area (Å²) < 4.78 is 15.7. The number of ether oxygens (including phenoxy) is 3. The van der Waals surface area contributed by atoms with Crippen LogP contribution >= 0.6 is 0 Å². The Hall–Kier alpha value is -3.55. The maximum Gasteiger partial charge on any atom is 0.259 e. The zero-order valence-electron chi connectivity index (χ0n) is 17.2. The van der Waals surface area contributed by atoms with Crippen LogP contribution < -0.4 is 25.0 Å². The van der Waals surface area contributed by atoms with Crippen LogP contribution in [0.5, 0.6) is 17.2 Å². The van der Waals surface area contributed by atoms with Crippen molar-refractivity contribution >= 4 is 17.5 Å². The molecule has 2 N–H and O–H groups in total. The highest BCUT2D eigenvalue weighted by Crippen LogP contribution is 2.38. The molecular weight excluding hydrogens is 374 g/mol. The van der Waals surface area contributed by atoms with Gasteiger partial charge in [-0.05, 0) is 31.5 Å². The number of benzene rings is 2. The first-order valence-corrected chi connectivity index (χ1v) is 8.88. The standard InChI is InChI=1S/C21H25N3O5/c1-13-6-8-15(9-7-13)14(2)23-24-19(25)12-22-21(26)16-10-17(27-3)20(29-5)18(11-16)28-4/h6-11H,12H2,1-5H3,(H,22,26)(H,24,25). The number of rotatable bonds is 8. The van der Waals surface area contributed by atoms with Crippen LogP contribution in [0, 0.1) is 6.92 Å². The highest BCUT2D eigenvalue weighted by molar-refractivity contribution is 6.00. The lowest BCUT2D eigenvalue weighted by atomic mass is 10.1. The Kier molecular flexibility index (Phi) is 7.59. The van der Waals surface area contributed by atoms with Gasteiger partial charge >= 0.3 is 0 Å². The summed E-state index contributed by atoms with van der Waals surface area (Å²) in [5.74, 6) is 0.167. The van der Waals surface area contributed by atoms with Crippen molar-refractivity contribution in [3.63, 3.8) is 0 Å². The molecule has 0 aromatic heterocycles. The van der Waals surface area contributed by atoms with Crippen LogP contribution in [0.2, 0.25) is 0 Å². The number of nitrogens with zero attached hydrogens (tertiary/aromatic N) is 1. The summed E-state index contributed by atoms with van der Waals surface area (Å²) in [5.41, 5.74) is 5.40. The Morgan fingerprint density at radius 2 is 1.52 bits per heavy atom. The van der Waals surface area contributed by atoms with E-state index in [9.17, 15) is 9.59 Å². The molecule has 2 amide bonds. The van der Waals surface area contributed by atoms with E-state index in [1.807, 2.05) is 31.2 Å². The minimum Gasteiger partial charge on any atom is -0.493 e. The van der Waals surface area contributed by atoms with Crippen molar-refractivity contribution in [2.45, 2.75) is 13.8 Å². The molecule has 29 heavy (non-hydrogen) atoms. The number of carbonyl (C=O) groups excluding carboxylic acids is 2. The molecule has 154 valence electrons. The van der Waals surface area contributed by atoms with Gasteiger partial charge < -0.3 is 19.5 Å². The summed E-state index contributed by atoms with van der Waals surface area (Å²) in [4.78, 5) is 24.4. The van der Waals surface area contributed by atoms with Gasteiger partial charge in [0.2, 0.25) is 5.75 Å². The molecule has 0 saturated carbocycles.